The molecule has 1 heterocycles. The molecule has 0 unspecified atom stereocenters. The fourth-order valence-corrected chi connectivity index (χ4v) is 3.42. The summed E-state index contributed by atoms with van der Waals surface area (Å²) in [6, 6.07) is 16.0. The lowest BCUT2D eigenvalue weighted by molar-refractivity contribution is -0.121. The third kappa shape index (κ3) is 3.80. The van der Waals surface area contributed by atoms with E-state index in [0.717, 1.165) is 35.5 Å². The second-order valence-corrected chi connectivity index (χ2v) is 6.42. The molecule has 0 aromatic heterocycles. The molecular weight excluding hydrogens is 284 g/mol. The highest BCUT2D eigenvalue weighted by atomic mass is 16.2. The van der Waals surface area contributed by atoms with Gasteiger partial charge in [0.25, 0.3) is 0 Å². The molecule has 0 aliphatic carbocycles. The average molecular weight is 308 g/mol. The van der Waals surface area contributed by atoms with Crippen molar-refractivity contribution in [3.63, 3.8) is 0 Å². The molecule has 1 aliphatic rings. The molecule has 3 heteroatoms. The lowest BCUT2D eigenvalue weighted by Crippen LogP contribution is -2.35. The summed E-state index contributed by atoms with van der Waals surface area (Å²) in [7, 11) is 0. The summed E-state index contributed by atoms with van der Waals surface area (Å²) in [5.74, 6) is 0.0584. The summed E-state index contributed by atoms with van der Waals surface area (Å²) in [4.78, 5) is 15.3. The van der Waals surface area contributed by atoms with Crippen LogP contribution in [0.4, 0.5) is 5.69 Å². The van der Waals surface area contributed by atoms with Crippen molar-refractivity contribution in [1.82, 2.24) is 4.90 Å². The van der Waals surface area contributed by atoms with Gasteiger partial charge in [-0.3, -0.25) is 9.69 Å². The SMILES string of the molecule is Cc1cc(C)cc(NC(=O)[C@@H](c2ccccc2)N2CCCC2)c1. The van der Waals surface area contributed by atoms with Gasteiger partial charge in [-0.15, -0.1) is 0 Å². The highest BCUT2D eigenvalue weighted by Crippen LogP contribution is 2.27. The number of amides is 1. The van der Waals surface area contributed by atoms with Crippen LogP contribution >= 0.6 is 0 Å². The molecule has 23 heavy (non-hydrogen) atoms. The first-order valence-electron chi connectivity index (χ1n) is 8.31. The highest BCUT2D eigenvalue weighted by Gasteiger charge is 2.29. The maximum atomic E-state index is 13.0. The monoisotopic (exact) mass is 308 g/mol. The van der Waals surface area contributed by atoms with E-state index >= 15 is 0 Å². The number of nitrogens with one attached hydrogen (secondary N) is 1. The largest absolute Gasteiger partial charge is 0.324 e. The number of aryl methyl sites for hydroxylation is 2. The molecule has 0 spiro atoms. The molecule has 1 saturated heterocycles. The normalized spacial score (nSPS) is 16.3. The Bertz CT molecular complexity index is 655. The summed E-state index contributed by atoms with van der Waals surface area (Å²) in [6.45, 7) is 6.08. The third-order valence-corrected chi connectivity index (χ3v) is 4.36. The van der Waals surface area contributed by atoms with Gasteiger partial charge >= 0.3 is 0 Å². The fourth-order valence-electron chi connectivity index (χ4n) is 3.42. The van der Waals surface area contributed by atoms with Crippen LogP contribution in [-0.4, -0.2) is 23.9 Å². The average Bonchev–Trinajstić information content (AvgIpc) is 3.01. The lowest BCUT2D eigenvalue weighted by atomic mass is 10.0. The Morgan fingerprint density at radius 2 is 1.61 bits per heavy atom. The van der Waals surface area contributed by atoms with Gasteiger partial charge in [0.05, 0.1) is 0 Å². The Labute approximate surface area is 138 Å². The lowest BCUT2D eigenvalue weighted by Gasteiger charge is -2.27. The van der Waals surface area contributed by atoms with Gasteiger partial charge in [0, 0.05) is 5.69 Å². The number of benzene rings is 2. The van der Waals surface area contributed by atoms with Gasteiger partial charge in [-0.25, -0.2) is 0 Å². The van der Waals surface area contributed by atoms with Crippen LogP contribution in [-0.2, 0) is 4.79 Å². The highest BCUT2D eigenvalue weighted by molar-refractivity contribution is 5.95. The van der Waals surface area contributed by atoms with E-state index in [0.29, 0.717) is 0 Å². The zero-order valence-corrected chi connectivity index (χ0v) is 13.9. The minimum Gasteiger partial charge on any atom is -0.324 e. The fraction of sp³-hybridized carbons (Fsp3) is 0.350. The predicted octanol–water partition coefficient (Wildman–Crippen LogP) is 4.08. The molecule has 0 saturated carbocycles. The molecular formula is C20H24N2O. The van der Waals surface area contributed by atoms with E-state index in [-0.39, 0.29) is 11.9 Å². The summed E-state index contributed by atoms with van der Waals surface area (Å²) < 4.78 is 0. The van der Waals surface area contributed by atoms with Gasteiger partial charge in [-0.05, 0) is 68.6 Å². The Balaban J connectivity index is 1.85. The summed E-state index contributed by atoms with van der Waals surface area (Å²) in [5.41, 5.74) is 4.28. The topological polar surface area (TPSA) is 32.3 Å². The van der Waals surface area contributed by atoms with Crippen molar-refractivity contribution < 1.29 is 4.79 Å². The first-order chi connectivity index (χ1) is 11.1. The van der Waals surface area contributed by atoms with Crippen LogP contribution in [0.15, 0.2) is 48.5 Å². The molecule has 1 N–H and O–H groups in total. The van der Waals surface area contributed by atoms with E-state index in [9.17, 15) is 4.79 Å². The van der Waals surface area contributed by atoms with Crippen LogP contribution in [0.1, 0.15) is 35.6 Å². The first-order valence-corrected chi connectivity index (χ1v) is 8.31. The van der Waals surface area contributed by atoms with Crippen LogP contribution in [0.5, 0.6) is 0 Å². The van der Waals surface area contributed by atoms with Crippen LogP contribution in [0.2, 0.25) is 0 Å². The maximum absolute atomic E-state index is 13.0. The Kier molecular flexibility index (Phi) is 4.77. The zero-order valence-electron chi connectivity index (χ0n) is 13.9. The van der Waals surface area contributed by atoms with Crippen LogP contribution in [0.3, 0.4) is 0 Å². The van der Waals surface area contributed by atoms with Crippen molar-refractivity contribution >= 4 is 11.6 Å². The number of carbonyl (C=O) groups excluding carboxylic acids is 1. The van der Waals surface area contributed by atoms with Crippen molar-refractivity contribution in [2.75, 3.05) is 18.4 Å². The van der Waals surface area contributed by atoms with E-state index < -0.39 is 0 Å². The van der Waals surface area contributed by atoms with E-state index in [4.69, 9.17) is 0 Å². The van der Waals surface area contributed by atoms with Gasteiger partial charge in [0.15, 0.2) is 0 Å². The number of likely N-dealkylation sites (tertiary alicyclic amines) is 1. The number of nitrogens with zero attached hydrogens (tertiary/aromatic N) is 1. The smallest absolute Gasteiger partial charge is 0.246 e. The minimum absolute atomic E-state index is 0.0584. The molecule has 3 rings (SSSR count). The van der Waals surface area contributed by atoms with Crippen LogP contribution < -0.4 is 5.32 Å². The molecule has 1 aliphatic heterocycles. The molecule has 0 radical (unpaired) electrons. The van der Waals surface area contributed by atoms with Gasteiger partial charge < -0.3 is 5.32 Å². The maximum Gasteiger partial charge on any atom is 0.246 e. The van der Waals surface area contributed by atoms with Crippen molar-refractivity contribution in [3.05, 3.63) is 65.2 Å². The zero-order chi connectivity index (χ0) is 16.2. The van der Waals surface area contributed by atoms with Crippen LogP contribution in [0, 0.1) is 13.8 Å². The number of rotatable bonds is 4. The summed E-state index contributed by atoms with van der Waals surface area (Å²) >= 11 is 0. The van der Waals surface area contributed by atoms with Crippen molar-refractivity contribution in [1.29, 1.82) is 0 Å². The molecule has 1 atom stereocenters. The Morgan fingerprint density at radius 3 is 2.22 bits per heavy atom. The Hall–Kier alpha value is -2.13. The van der Waals surface area contributed by atoms with Crippen LogP contribution in [0.25, 0.3) is 0 Å². The molecule has 0 bridgehead atoms. The van der Waals surface area contributed by atoms with Crippen molar-refractivity contribution in [2.24, 2.45) is 0 Å². The molecule has 120 valence electrons. The van der Waals surface area contributed by atoms with Crippen molar-refractivity contribution in [3.8, 4) is 0 Å². The molecule has 1 fully saturated rings. The van der Waals surface area contributed by atoms with Gasteiger partial charge in [0.2, 0.25) is 5.91 Å². The second kappa shape index (κ2) is 6.97. The van der Waals surface area contributed by atoms with Gasteiger partial charge in [-0.1, -0.05) is 36.4 Å². The number of hydrogen-bond acceptors (Lipinski definition) is 2. The Morgan fingerprint density at radius 1 is 1.00 bits per heavy atom. The molecule has 2 aromatic carbocycles. The quantitative estimate of drug-likeness (QED) is 0.923. The second-order valence-electron chi connectivity index (χ2n) is 6.42. The standard InChI is InChI=1S/C20H24N2O/c1-15-12-16(2)14-18(13-15)21-20(23)19(22-10-6-7-11-22)17-8-4-3-5-9-17/h3-5,8-9,12-14,19H,6-7,10-11H2,1-2H3,(H,21,23)/t19-/m1/s1. The first kappa shape index (κ1) is 15.8. The molecule has 2 aromatic rings. The number of hydrogen-bond donors (Lipinski definition) is 1. The van der Waals surface area contributed by atoms with E-state index in [1.54, 1.807) is 0 Å². The predicted molar refractivity (Wildman–Crippen MR) is 94.5 cm³/mol. The number of anilines is 1. The summed E-state index contributed by atoms with van der Waals surface area (Å²) in [6.07, 6.45) is 2.33. The minimum atomic E-state index is -0.209. The van der Waals surface area contributed by atoms with Crippen molar-refractivity contribution in [2.45, 2.75) is 32.7 Å². The van der Waals surface area contributed by atoms with Gasteiger partial charge in [0.1, 0.15) is 6.04 Å². The van der Waals surface area contributed by atoms with Gasteiger partial charge in [-0.2, -0.15) is 0 Å². The van der Waals surface area contributed by atoms with E-state index in [2.05, 4.69) is 30.1 Å². The molecule has 3 nitrogen and oxygen atoms in total. The third-order valence-electron chi connectivity index (χ3n) is 4.36. The van der Waals surface area contributed by atoms with E-state index in [1.165, 1.54) is 12.8 Å². The molecule has 1 amide bonds. The summed E-state index contributed by atoms with van der Waals surface area (Å²) in [5, 5.41) is 3.12. The van der Waals surface area contributed by atoms with E-state index in [1.807, 2.05) is 42.5 Å². The number of carbonyl (C=O) groups is 1.